The van der Waals surface area contributed by atoms with Gasteiger partial charge < -0.3 is 4.74 Å². The maximum Gasteiger partial charge on any atom is 0.125 e. The monoisotopic (exact) mass is 188 g/mol. The molecule has 2 aromatic rings. The molecule has 0 aliphatic heterocycles. The third kappa shape index (κ3) is 1.41. The molecule has 0 N–H and O–H groups in total. The Bertz CT molecular complexity index is 480. The van der Waals surface area contributed by atoms with Crippen LogP contribution in [-0.4, -0.2) is 17.1 Å². The number of hydrogen-bond donors (Lipinski definition) is 0. The van der Waals surface area contributed by atoms with Gasteiger partial charge >= 0.3 is 0 Å². The van der Waals surface area contributed by atoms with Gasteiger partial charge in [-0.15, -0.1) is 0 Å². The van der Waals surface area contributed by atoms with Crippen molar-refractivity contribution in [3.63, 3.8) is 0 Å². The molecule has 0 unspecified atom stereocenters. The van der Waals surface area contributed by atoms with Gasteiger partial charge in [-0.3, -0.25) is 0 Å². The van der Waals surface area contributed by atoms with Crippen molar-refractivity contribution in [1.29, 1.82) is 0 Å². The van der Waals surface area contributed by atoms with Gasteiger partial charge in [-0.25, -0.2) is 9.97 Å². The van der Waals surface area contributed by atoms with Gasteiger partial charge in [-0.05, 0) is 25.5 Å². The van der Waals surface area contributed by atoms with Gasteiger partial charge in [0, 0.05) is 17.6 Å². The van der Waals surface area contributed by atoms with Crippen LogP contribution in [0.15, 0.2) is 18.3 Å². The predicted molar refractivity (Wildman–Crippen MR) is 55.6 cm³/mol. The Balaban J connectivity index is 2.73. The van der Waals surface area contributed by atoms with Crippen LogP contribution in [0.1, 0.15) is 11.4 Å². The maximum atomic E-state index is 5.23. The lowest BCUT2D eigenvalue weighted by Crippen LogP contribution is -1.91. The summed E-state index contributed by atoms with van der Waals surface area (Å²) in [6, 6.07) is 3.98. The number of ether oxygens (including phenoxy) is 1. The number of aromatic nitrogens is 2. The Hall–Kier alpha value is -1.64. The van der Waals surface area contributed by atoms with Crippen LogP contribution in [0.4, 0.5) is 0 Å². The zero-order chi connectivity index (χ0) is 10.1. The molecule has 72 valence electrons. The normalized spacial score (nSPS) is 10.5. The quantitative estimate of drug-likeness (QED) is 0.688. The van der Waals surface area contributed by atoms with E-state index in [2.05, 4.69) is 9.97 Å². The second kappa shape index (κ2) is 3.25. The molecule has 0 atom stereocenters. The van der Waals surface area contributed by atoms with Crippen molar-refractivity contribution in [3.8, 4) is 5.75 Å². The zero-order valence-corrected chi connectivity index (χ0v) is 8.53. The van der Waals surface area contributed by atoms with Gasteiger partial charge in [0.05, 0.1) is 12.6 Å². The summed E-state index contributed by atoms with van der Waals surface area (Å²) in [5.41, 5.74) is 2.03. The summed E-state index contributed by atoms with van der Waals surface area (Å²) in [4.78, 5) is 8.49. The Morgan fingerprint density at radius 1 is 1.21 bits per heavy atom. The van der Waals surface area contributed by atoms with Gasteiger partial charge in [0.2, 0.25) is 0 Å². The number of fused-ring (bicyclic) bond motifs is 1. The number of hydrogen-bond acceptors (Lipinski definition) is 3. The van der Waals surface area contributed by atoms with Crippen LogP contribution in [0.2, 0.25) is 0 Å². The highest BCUT2D eigenvalue weighted by molar-refractivity contribution is 5.80. The molecular weight excluding hydrogens is 176 g/mol. The number of aryl methyl sites for hydroxylation is 2. The van der Waals surface area contributed by atoms with Crippen LogP contribution < -0.4 is 4.74 Å². The molecule has 0 fully saturated rings. The van der Waals surface area contributed by atoms with Crippen molar-refractivity contribution in [1.82, 2.24) is 9.97 Å². The van der Waals surface area contributed by atoms with E-state index in [4.69, 9.17) is 4.74 Å². The highest BCUT2D eigenvalue weighted by Gasteiger charge is 2.02. The summed E-state index contributed by atoms with van der Waals surface area (Å²) in [5.74, 6) is 1.65. The first-order chi connectivity index (χ1) is 6.70. The van der Waals surface area contributed by atoms with Crippen LogP contribution >= 0.6 is 0 Å². The molecule has 0 aliphatic carbocycles. The number of rotatable bonds is 1. The summed E-state index contributed by atoms with van der Waals surface area (Å²) >= 11 is 0. The second-order valence-electron chi connectivity index (χ2n) is 3.30. The fourth-order valence-corrected chi connectivity index (χ4v) is 1.49. The van der Waals surface area contributed by atoms with E-state index in [1.165, 1.54) is 0 Å². The summed E-state index contributed by atoms with van der Waals surface area (Å²) in [6.45, 7) is 3.89. The first kappa shape index (κ1) is 8.94. The summed E-state index contributed by atoms with van der Waals surface area (Å²) in [6.07, 6.45) is 1.84. The van der Waals surface area contributed by atoms with E-state index in [1.54, 1.807) is 7.11 Å². The third-order valence-electron chi connectivity index (χ3n) is 2.22. The lowest BCUT2D eigenvalue weighted by Gasteiger charge is -2.06. The zero-order valence-electron chi connectivity index (χ0n) is 8.53. The largest absolute Gasteiger partial charge is 0.496 e. The SMILES string of the molecule is COc1cc2nc(C)ncc2cc1C. The molecule has 0 spiro atoms. The molecule has 0 amide bonds. The number of methoxy groups -OCH3 is 1. The van der Waals surface area contributed by atoms with Gasteiger partial charge in [0.1, 0.15) is 11.6 Å². The van der Waals surface area contributed by atoms with E-state index < -0.39 is 0 Å². The van der Waals surface area contributed by atoms with Crippen LogP contribution in [0.3, 0.4) is 0 Å². The molecule has 3 nitrogen and oxygen atoms in total. The average molecular weight is 188 g/mol. The van der Waals surface area contributed by atoms with Gasteiger partial charge in [-0.1, -0.05) is 0 Å². The van der Waals surface area contributed by atoms with Gasteiger partial charge in [-0.2, -0.15) is 0 Å². The van der Waals surface area contributed by atoms with Crippen molar-refractivity contribution >= 4 is 10.9 Å². The molecule has 0 saturated heterocycles. The molecule has 2 rings (SSSR count). The van der Waals surface area contributed by atoms with E-state index in [9.17, 15) is 0 Å². The second-order valence-corrected chi connectivity index (χ2v) is 3.30. The molecule has 0 saturated carbocycles. The first-order valence-corrected chi connectivity index (χ1v) is 4.48. The molecular formula is C11H12N2O. The summed E-state index contributed by atoms with van der Waals surface area (Å²) < 4.78 is 5.23. The first-order valence-electron chi connectivity index (χ1n) is 4.48. The lowest BCUT2D eigenvalue weighted by molar-refractivity contribution is 0.412. The topological polar surface area (TPSA) is 35.0 Å². The third-order valence-corrected chi connectivity index (χ3v) is 2.22. The van der Waals surface area contributed by atoms with E-state index in [1.807, 2.05) is 32.2 Å². The van der Waals surface area contributed by atoms with Crippen molar-refractivity contribution in [3.05, 3.63) is 29.7 Å². The highest BCUT2D eigenvalue weighted by atomic mass is 16.5. The molecule has 0 aliphatic rings. The molecule has 1 aromatic heterocycles. The average Bonchev–Trinajstić information content (AvgIpc) is 2.17. The van der Waals surface area contributed by atoms with Crippen molar-refractivity contribution in [2.45, 2.75) is 13.8 Å². The van der Waals surface area contributed by atoms with Crippen LogP contribution in [-0.2, 0) is 0 Å². The maximum absolute atomic E-state index is 5.23. The molecule has 14 heavy (non-hydrogen) atoms. The molecule has 1 heterocycles. The Morgan fingerprint density at radius 2 is 2.00 bits per heavy atom. The summed E-state index contributed by atoms with van der Waals surface area (Å²) in [7, 11) is 1.67. The number of benzene rings is 1. The summed E-state index contributed by atoms with van der Waals surface area (Å²) in [5, 5.41) is 1.05. The van der Waals surface area contributed by atoms with E-state index in [0.717, 1.165) is 28.0 Å². The molecule has 0 radical (unpaired) electrons. The molecule has 1 aromatic carbocycles. The van der Waals surface area contributed by atoms with E-state index in [0.29, 0.717) is 0 Å². The van der Waals surface area contributed by atoms with Gasteiger partial charge in [0.25, 0.3) is 0 Å². The predicted octanol–water partition coefficient (Wildman–Crippen LogP) is 2.26. The van der Waals surface area contributed by atoms with Crippen molar-refractivity contribution < 1.29 is 4.74 Å². The minimum Gasteiger partial charge on any atom is -0.496 e. The van der Waals surface area contributed by atoms with Gasteiger partial charge in [0.15, 0.2) is 0 Å². The van der Waals surface area contributed by atoms with E-state index in [-0.39, 0.29) is 0 Å². The highest BCUT2D eigenvalue weighted by Crippen LogP contribution is 2.23. The fraction of sp³-hybridized carbons (Fsp3) is 0.273. The Labute approximate surface area is 82.8 Å². The fourth-order valence-electron chi connectivity index (χ4n) is 1.49. The van der Waals surface area contributed by atoms with Crippen molar-refractivity contribution in [2.24, 2.45) is 0 Å². The lowest BCUT2D eigenvalue weighted by atomic mass is 10.1. The Morgan fingerprint density at radius 3 is 2.71 bits per heavy atom. The minimum absolute atomic E-state index is 0.781. The molecule has 3 heteroatoms. The smallest absolute Gasteiger partial charge is 0.125 e. The van der Waals surface area contributed by atoms with Crippen LogP contribution in [0.5, 0.6) is 5.75 Å². The van der Waals surface area contributed by atoms with Crippen molar-refractivity contribution in [2.75, 3.05) is 7.11 Å². The van der Waals surface area contributed by atoms with Crippen LogP contribution in [0, 0.1) is 13.8 Å². The minimum atomic E-state index is 0.781. The van der Waals surface area contributed by atoms with Crippen LogP contribution in [0.25, 0.3) is 10.9 Å². The van der Waals surface area contributed by atoms with E-state index >= 15 is 0 Å². The number of nitrogens with zero attached hydrogens (tertiary/aromatic N) is 2. The Kier molecular flexibility index (Phi) is 2.08. The molecule has 0 bridgehead atoms. The standard InChI is InChI=1S/C11H12N2O/c1-7-4-9-6-12-8(2)13-10(9)5-11(7)14-3/h4-6H,1-3H3.